The molecule has 2 unspecified atom stereocenters. The number of rotatable bonds is 7. The Morgan fingerprint density at radius 2 is 1.94 bits per heavy atom. The van der Waals surface area contributed by atoms with Crippen molar-refractivity contribution in [2.45, 2.75) is 51.0 Å². The average Bonchev–Trinajstić information content (AvgIpc) is 3.09. The molecule has 2 atom stereocenters. The van der Waals surface area contributed by atoms with Gasteiger partial charge >= 0.3 is 0 Å². The van der Waals surface area contributed by atoms with Crippen LogP contribution in [0.5, 0.6) is 0 Å². The molecular formula is C13H25NO3S. The summed E-state index contributed by atoms with van der Waals surface area (Å²) in [5, 5.41) is 0. The first-order valence-corrected chi connectivity index (χ1v) is 8.76. The Morgan fingerprint density at radius 1 is 1.22 bits per heavy atom. The van der Waals surface area contributed by atoms with E-state index in [-0.39, 0.29) is 11.8 Å². The van der Waals surface area contributed by atoms with Crippen molar-refractivity contribution in [2.75, 3.05) is 19.5 Å². The summed E-state index contributed by atoms with van der Waals surface area (Å²) in [5.41, 5.74) is 0. The van der Waals surface area contributed by atoms with Crippen molar-refractivity contribution in [3.63, 3.8) is 0 Å². The zero-order valence-electron chi connectivity index (χ0n) is 11.2. The first kappa shape index (κ1) is 14.3. The van der Waals surface area contributed by atoms with Crippen molar-refractivity contribution >= 4 is 10.0 Å². The lowest BCUT2D eigenvalue weighted by molar-refractivity contribution is 0.199. The van der Waals surface area contributed by atoms with Gasteiger partial charge in [-0.2, -0.15) is 0 Å². The van der Waals surface area contributed by atoms with Crippen molar-refractivity contribution < 1.29 is 13.2 Å². The second kappa shape index (κ2) is 6.35. The number of methoxy groups -OCH3 is 1. The van der Waals surface area contributed by atoms with E-state index in [0.29, 0.717) is 18.9 Å². The lowest BCUT2D eigenvalue weighted by Crippen LogP contribution is -2.31. The van der Waals surface area contributed by atoms with Gasteiger partial charge in [0.05, 0.1) is 5.75 Å². The molecule has 0 amide bonds. The lowest BCUT2D eigenvalue weighted by Gasteiger charge is -2.21. The highest BCUT2D eigenvalue weighted by Gasteiger charge is 2.44. The molecule has 0 saturated heterocycles. The van der Waals surface area contributed by atoms with E-state index in [1.54, 1.807) is 7.11 Å². The monoisotopic (exact) mass is 275 g/mol. The van der Waals surface area contributed by atoms with Crippen LogP contribution in [0.3, 0.4) is 0 Å². The number of nitrogens with one attached hydrogen (secondary N) is 1. The summed E-state index contributed by atoms with van der Waals surface area (Å²) in [6.07, 6.45) is 8.24. The SMILES string of the molecule is COCCCS(=O)(=O)NC1CC1C1CCCCC1. The molecule has 0 radical (unpaired) electrons. The van der Waals surface area contributed by atoms with Crippen LogP contribution in [0.1, 0.15) is 44.9 Å². The third kappa shape index (κ3) is 4.21. The highest BCUT2D eigenvalue weighted by Crippen LogP contribution is 2.44. The Hall–Kier alpha value is -0.130. The van der Waals surface area contributed by atoms with Crippen LogP contribution < -0.4 is 4.72 Å². The molecule has 106 valence electrons. The number of hydrogen-bond acceptors (Lipinski definition) is 3. The minimum atomic E-state index is -3.09. The Bertz CT molecular complexity index is 349. The molecule has 2 aliphatic carbocycles. The summed E-state index contributed by atoms with van der Waals surface area (Å²) in [6, 6.07) is 0.223. The molecule has 0 aliphatic heterocycles. The molecule has 5 heteroatoms. The van der Waals surface area contributed by atoms with E-state index >= 15 is 0 Å². The second-order valence-corrected chi connectivity index (χ2v) is 7.56. The lowest BCUT2D eigenvalue weighted by atomic mass is 9.86. The summed E-state index contributed by atoms with van der Waals surface area (Å²) in [4.78, 5) is 0. The molecule has 2 rings (SSSR count). The fourth-order valence-corrected chi connectivity index (χ4v) is 4.46. The average molecular weight is 275 g/mol. The predicted molar refractivity (Wildman–Crippen MR) is 71.9 cm³/mol. The van der Waals surface area contributed by atoms with Crippen LogP contribution in [0.25, 0.3) is 0 Å². The highest BCUT2D eigenvalue weighted by atomic mass is 32.2. The second-order valence-electron chi connectivity index (χ2n) is 5.69. The van der Waals surface area contributed by atoms with Crippen LogP contribution in [0.2, 0.25) is 0 Å². The van der Waals surface area contributed by atoms with Gasteiger partial charge in [0.2, 0.25) is 10.0 Å². The van der Waals surface area contributed by atoms with Crippen molar-refractivity contribution in [1.82, 2.24) is 4.72 Å². The molecule has 0 heterocycles. The van der Waals surface area contributed by atoms with Crippen molar-refractivity contribution in [3.05, 3.63) is 0 Å². The minimum absolute atomic E-state index is 0.189. The van der Waals surface area contributed by atoms with Crippen molar-refractivity contribution in [1.29, 1.82) is 0 Å². The zero-order chi connectivity index (χ0) is 13.0. The predicted octanol–water partition coefficient (Wildman–Crippen LogP) is 1.91. The fourth-order valence-electron chi connectivity index (χ4n) is 3.12. The largest absolute Gasteiger partial charge is 0.385 e. The van der Waals surface area contributed by atoms with Gasteiger partial charge in [-0.1, -0.05) is 32.1 Å². The molecule has 0 aromatic carbocycles. The van der Waals surface area contributed by atoms with E-state index in [1.807, 2.05) is 0 Å². The van der Waals surface area contributed by atoms with Gasteiger partial charge in [0.1, 0.15) is 0 Å². The molecule has 0 aromatic heterocycles. The van der Waals surface area contributed by atoms with Crippen molar-refractivity contribution in [2.24, 2.45) is 11.8 Å². The first-order chi connectivity index (χ1) is 8.62. The van der Waals surface area contributed by atoms with Gasteiger partial charge in [-0.05, 0) is 24.7 Å². The Balaban J connectivity index is 1.71. The minimum Gasteiger partial charge on any atom is -0.385 e. The molecular weight excluding hydrogens is 250 g/mol. The van der Waals surface area contributed by atoms with Crippen LogP contribution in [-0.4, -0.2) is 33.9 Å². The van der Waals surface area contributed by atoms with Gasteiger partial charge in [0.15, 0.2) is 0 Å². The fraction of sp³-hybridized carbons (Fsp3) is 1.00. The first-order valence-electron chi connectivity index (χ1n) is 7.11. The Labute approximate surface area is 111 Å². The maximum absolute atomic E-state index is 11.8. The number of sulfonamides is 1. The van der Waals surface area contributed by atoms with E-state index in [4.69, 9.17) is 4.74 Å². The van der Waals surface area contributed by atoms with Crippen LogP contribution in [0.4, 0.5) is 0 Å². The van der Waals surface area contributed by atoms with Gasteiger partial charge < -0.3 is 4.74 Å². The summed E-state index contributed by atoms with van der Waals surface area (Å²) >= 11 is 0. The van der Waals surface area contributed by atoms with Crippen LogP contribution in [-0.2, 0) is 14.8 Å². The van der Waals surface area contributed by atoms with E-state index in [9.17, 15) is 8.42 Å². The molecule has 18 heavy (non-hydrogen) atoms. The summed E-state index contributed by atoms with van der Waals surface area (Å²) in [6.45, 7) is 0.512. The third-order valence-corrected chi connectivity index (χ3v) is 5.68. The van der Waals surface area contributed by atoms with E-state index < -0.39 is 10.0 Å². The summed E-state index contributed by atoms with van der Waals surface area (Å²) in [7, 11) is -1.49. The molecule has 0 spiro atoms. The van der Waals surface area contributed by atoms with Gasteiger partial charge in [-0.15, -0.1) is 0 Å². The Morgan fingerprint density at radius 3 is 2.61 bits per heavy atom. The normalized spacial score (nSPS) is 29.4. The third-order valence-electron chi connectivity index (χ3n) is 4.19. The maximum atomic E-state index is 11.8. The molecule has 1 N–H and O–H groups in total. The zero-order valence-corrected chi connectivity index (χ0v) is 12.0. The molecule has 2 saturated carbocycles. The van der Waals surface area contributed by atoms with E-state index in [1.165, 1.54) is 32.1 Å². The molecule has 0 aromatic rings. The molecule has 2 fully saturated rings. The van der Waals surface area contributed by atoms with Gasteiger partial charge in [0, 0.05) is 19.8 Å². The Kier molecular flexibility index (Phi) is 5.04. The van der Waals surface area contributed by atoms with Crippen LogP contribution >= 0.6 is 0 Å². The summed E-state index contributed by atoms with van der Waals surface area (Å²) in [5.74, 6) is 1.57. The summed E-state index contributed by atoms with van der Waals surface area (Å²) < 4.78 is 31.4. The van der Waals surface area contributed by atoms with Crippen LogP contribution in [0, 0.1) is 11.8 Å². The van der Waals surface area contributed by atoms with Gasteiger partial charge in [-0.3, -0.25) is 0 Å². The van der Waals surface area contributed by atoms with Crippen molar-refractivity contribution in [3.8, 4) is 0 Å². The highest BCUT2D eigenvalue weighted by molar-refractivity contribution is 7.89. The van der Waals surface area contributed by atoms with Crippen LogP contribution in [0.15, 0.2) is 0 Å². The molecule has 2 aliphatic rings. The molecule has 0 bridgehead atoms. The number of hydrogen-bond donors (Lipinski definition) is 1. The van der Waals surface area contributed by atoms with E-state index in [2.05, 4.69) is 4.72 Å². The number of ether oxygens (including phenoxy) is 1. The smallest absolute Gasteiger partial charge is 0.211 e. The standard InChI is InChI=1S/C13H25NO3S/c1-17-8-5-9-18(15,16)14-13-10-12(13)11-6-3-2-4-7-11/h11-14H,2-10H2,1H3. The van der Waals surface area contributed by atoms with E-state index in [0.717, 1.165) is 12.3 Å². The quantitative estimate of drug-likeness (QED) is 0.722. The maximum Gasteiger partial charge on any atom is 0.211 e. The van der Waals surface area contributed by atoms with Gasteiger partial charge in [-0.25, -0.2) is 13.1 Å². The van der Waals surface area contributed by atoms with Gasteiger partial charge in [0.25, 0.3) is 0 Å². The molecule has 4 nitrogen and oxygen atoms in total. The topological polar surface area (TPSA) is 55.4 Å².